The largest absolute Gasteiger partial charge is 0.295 e. The van der Waals surface area contributed by atoms with Crippen molar-refractivity contribution >= 4 is 5.78 Å². The zero-order valence-electron chi connectivity index (χ0n) is 8.72. The lowest BCUT2D eigenvalue weighted by Gasteiger charge is -2.05. The van der Waals surface area contributed by atoms with Crippen molar-refractivity contribution in [1.29, 1.82) is 0 Å². The van der Waals surface area contributed by atoms with Crippen LogP contribution in [0.5, 0.6) is 0 Å². The van der Waals surface area contributed by atoms with Crippen LogP contribution in [0, 0.1) is 0 Å². The number of carbonyl (C=O) groups is 1. The lowest BCUT2D eigenvalue weighted by molar-refractivity contribution is -0.114. The highest BCUT2D eigenvalue weighted by Crippen LogP contribution is 2.27. The molecule has 0 bridgehead atoms. The molecule has 76 valence electrons. The third-order valence-corrected chi connectivity index (χ3v) is 3.13. The van der Waals surface area contributed by atoms with Gasteiger partial charge in [0, 0.05) is 6.42 Å². The molecule has 0 fully saturated rings. The molecule has 0 heterocycles. The van der Waals surface area contributed by atoms with E-state index in [0.717, 1.165) is 25.7 Å². The van der Waals surface area contributed by atoms with Crippen LogP contribution in [0.4, 0.5) is 0 Å². The van der Waals surface area contributed by atoms with E-state index >= 15 is 0 Å². The summed E-state index contributed by atoms with van der Waals surface area (Å²) in [4.78, 5) is 11.4. The van der Waals surface area contributed by atoms with Crippen LogP contribution in [0.15, 0.2) is 23.3 Å². The fourth-order valence-electron chi connectivity index (χ4n) is 2.35. The third kappa shape index (κ3) is 2.57. The first kappa shape index (κ1) is 9.70. The maximum absolute atomic E-state index is 11.4. The van der Waals surface area contributed by atoms with E-state index in [2.05, 4.69) is 6.08 Å². The Hall–Kier alpha value is -0.850. The highest BCUT2D eigenvalue weighted by Gasteiger charge is 2.11. The molecule has 0 atom stereocenters. The van der Waals surface area contributed by atoms with E-state index in [4.69, 9.17) is 0 Å². The van der Waals surface area contributed by atoms with Gasteiger partial charge < -0.3 is 0 Å². The fourth-order valence-corrected chi connectivity index (χ4v) is 2.35. The van der Waals surface area contributed by atoms with E-state index in [1.165, 1.54) is 31.3 Å². The predicted octanol–water partition coefficient (Wildman–Crippen LogP) is 3.56. The molecule has 0 radical (unpaired) electrons. The Morgan fingerprint density at radius 2 is 1.79 bits per heavy atom. The Morgan fingerprint density at radius 1 is 1.00 bits per heavy atom. The lowest BCUT2D eigenvalue weighted by Crippen LogP contribution is -1.91. The maximum Gasteiger partial charge on any atom is 0.155 e. The van der Waals surface area contributed by atoms with Crippen LogP contribution in [-0.4, -0.2) is 5.78 Å². The first-order valence-electron chi connectivity index (χ1n) is 5.75. The number of allylic oxidation sites excluding steroid dienone is 4. The van der Waals surface area contributed by atoms with Gasteiger partial charge in [0.05, 0.1) is 0 Å². The van der Waals surface area contributed by atoms with Crippen LogP contribution in [0.2, 0.25) is 0 Å². The standard InChI is InChI=1S/C13H18O/c14-13-8-4-3-7-12(10-13)9-11-5-1-2-6-11/h5,10H,1-4,6-9H2. The zero-order chi connectivity index (χ0) is 9.80. The van der Waals surface area contributed by atoms with Crippen molar-refractivity contribution in [2.75, 3.05) is 0 Å². The summed E-state index contributed by atoms with van der Waals surface area (Å²) in [5, 5.41) is 0. The van der Waals surface area contributed by atoms with Crippen LogP contribution in [0.1, 0.15) is 51.4 Å². The van der Waals surface area contributed by atoms with Gasteiger partial charge >= 0.3 is 0 Å². The Labute approximate surface area is 85.9 Å². The van der Waals surface area contributed by atoms with Crippen molar-refractivity contribution < 1.29 is 4.79 Å². The number of ketones is 1. The van der Waals surface area contributed by atoms with E-state index in [9.17, 15) is 4.79 Å². The summed E-state index contributed by atoms with van der Waals surface area (Å²) in [5.74, 6) is 0.344. The first-order chi connectivity index (χ1) is 6.84. The number of carbonyl (C=O) groups excluding carboxylic acids is 1. The van der Waals surface area contributed by atoms with Crippen molar-refractivity contribution in [2.45, 2.75) is 51.4 Å². The van der Waals surface area contributed by atoms with Gasteiger partial charge in [-0.1, -0.05) is 17.2 Å². The number of rotatable bonds is 2. The second-order valence-electron chi connectivity index (χ2n) is 4.41. The van der Waals surface area contributed by atoms with Gasteiger partial charge in [-0.3, -0.25) is 4.79 Å². The molecule has 14 heavy (non-hydrogen) atoms. The van der Waals surface area contributed by atoms with Gasteiger partial charge in [0.25, 0.3) is 0 Å². The topological polar surface area (TPSA) is 17.1 Å². The fraction of sp³-hybridized carbons (Fsp3) is 0.615. The highest BCUT2D eigenvalue weighted by atomic mass is 16.1. The molecule has 0 saturated carbocycles. The van der Waals surface area contributed by atoms with Crippen molar-refractivity contribution in [2.24, 2.45) is 0 Å². The summed E-state index contributed by atoms with van der Waals surface area (Å²) in [5.41, 5.74) is 2.94. The van der Waals surface area contributed by atoms with E-state index in [0.29, 0.717) is 5.78 Å². The summed E-state index contributed by atoms with van der Waals surface area (Å²) >= 11 is 0. The average molecular weight is 190 g/mol. The van der Waals surface area contributed by atoms with Crippen molar-refractivity contribution in [3.05, 3.63) is 23.3 Å². The summed E-state index contributed by atoms with van der Waals surface area (Å²) in [6.07, 6.45) is 13.3. The zero-order valence-corrected chi connectivity index (χ0v) is 8.72. The van der Waals surface area contributed by atoms with Gasteiger partial charge in [-0.25, -0.2) is 0 Å². The van der Waals surface area contributed by atoms with Crippen LogP contribution in [-0.2, 0) is 4.79 Å². The summed E-state index contributed by atoms with van der Waals surface area (Å²) < 4.78 is 0. The van der Waals surface area contributed by atoms with Crippen molar-refractivity contribution in [3.8, 4) is 0 Å². The SMILES string of the molecule is O=C1C=C(CC2=CCCC2)CCCC1. The van der Waals surface area contributed by atoms with Crippen LogP contribution >= 0.6 is 0 Å². The van der Waals surface area contributed by atoms with Gasteiger partial charge in [0.15, 0.2) is 5.78 Å². The van der Waals surface area contributed by atoms with E-state index in [1.807, 2.05) is 6.08 Å². The smallest absolute Gasteiger partial charge is 0.155 e. The minimum absolute atomic E-state index is 0.344. The summed E-state index contributed by atoms with van der Waals surface area (Å²) in [6, 6.07) is 0. The van der Waals surface area contributed by atoms with Crippen LogP contribution in [0.3, 0.4) is 0 Å². The quantitative estimate of drug-likeness (QED) is 0.608. The van der Waals surface area contributed by atoms with Gasteiger partial charge in [0.1, 0.15) is 0 Å². The van der Waals surface area contributed by atoms with Crippen molar-refractivity contribution in [1.82, 2.24) is 0 Å². The van der Waals surface area contributed by atoms with Gasteiger partial charge in [-0.2, -0.15) is 0 Å². The normalized spacial score (nSPS) is 23.0. The third-order valence-electron chi connectivity index (χ3n) is 3.13. The molecule has 2 aliphatic rings. The molecule has 2 aliphatic carbocycles. The molecule has 0 unspecified atom stereocenters. The Kier molecular flexibility index (Phi) is 3.18. The monoisotopic (exact) mass is 190 g/mol. The van der Waals surface area contributed by atoms with Gasteiger partial charge in [-0.15, -0.1) is 0 Å². The molecule has 0 spiro atoms. The first-order valence-corrected chi connectivity index (χ1v) is 5.75. The van der Waals surface area contributed by atoms with Gasteiger partial charge in [-0.05, 0) is 51.0 Å². The Morgan fingerprint density at radius 3 is 2.57 bits per heavy atom. The lowest BCUT2D eigenvalue weighted by atomic mass is 10.0. The van der Waals surface area contributed by atoms with E-state index in [-0.39, 0.29) is 0 Å². The molecule has 0 aliphatic heterocycles. The second-order valence-corrected chi connectivity index (χ2v) is 4.41. The minimum Gasteiger partial charge on any atom is -0.295 e. The minimum atomic E-state index is 0.344. The van der Waals surface area contributed by atoms with Crippen LogP contribution in [0.25, 0.3) is 0 Å². The number of hydrogen-bond acceptors (Lipinski definition) is 1. The van der Waals surface area contributed by atoms with E-state index in [1.54, 1.807) is 5.57 Å². The highest BCUT2D eigenvalue weighted by molar-refractivity contribution is 5.90. The molecule has 1 nitrogen and oxygen atoms in total. The van der Waals surface area contributed by atoms with Crippen molar-refractivity contribution in [3.63, 3.8) is 0 Å². The molecule has 1 heteroatoms. The van der Waals surface area contributed by atoms with Crippen LogP contribution < -0.4 is 0 Å². The van der Waals surface area contributed by atoms with Gasteiger partial charge in [0.2, 0.25) is 0 Å². The molecular formula is C13H18O. The summed E-state index contributed by atoms with van der Waals surface area (Å²) in [7, 11) is 0. The molecule has 0 aromatic carbocycles. The molecule has 0 N–H and O–H groups in total. The Bertz CT molecular complexity index is 284. The van der Waals surface area contributed by atoms with E-state index < -0.39 is 0 Å². The molecule has 0 amide bonds. The average Bonchev–Trinajstić information content (AvgIpc) is 2.56. The molecule has 0 aromatic heterocycles. The second kappa shape index (κ2) is 4.59. The predicted molar refractivity (Wildman–Crippen MR) is 58.1 cm³/mol. The molecular weight excluding hydrogens is 172 g/mol. The molecule has 2 rings (SSSR count). The summed E-state index contributed by atoms with van der Waals surface area (Å²) in [6.45, 7) is 0. The Balaban J connectivity index is 1.97. The molecule has 0 saturated heterocycles. The number of hydrogen-bond donors (Lipinski definition) is 0. The molecule has 0 aromatic rings. The maximum atomic E-state index is 11.4.